The Hall–Kier alpha value is -2.17. The van der Waals surface area contributed by atoms with Crippen LogP contribution in [0.2, 0.25) is 0 Å². The molecule has 7 atom stereocenters. The van der Waals surface area contributed by atoms with Gasteiger partial charge in [0, 0.05) is 27.8 Å². The Bertz CT molecular complexity index is 1110. The van der Waals surface area contributed by atoms with Crippen molar-refractivity contribution in [3.05, 3.63) is 94.5 Å². The number of hydrogen-bond acceptors (Lipinski definition) is 3. The zero-order valence-corrected chi connectivity index (χ0v) is 18.0. The van der Waals surface area contributed by atoms with Gasteiger partial charge in [-0.2, -0.15) is 0 Å². The molecule has 0 aromatic heterocycles. The van der Waals surface area contributed by atoms with E-state index in [0.717, 1.165) is 28.8 Å². The Kier molecular flexibility index (Phi) is 3.47. The van der Waals surface area contributed by atoms with Gasteiger partial charge in [0.25, 0.3) is 0 Å². The number of nitrogens with zero attached hydrogens (tertiary/aromatic N) is 1. The second kappa shape index (κ2) is 5.95. The largest absolute Gasteiger partial charge is 0.442 e. The predicted octanol–water partition coefficient (Wildman–Crippen LogP) is 5.63. The van der Waals surface area contributed by atoms with Gasteiger partial charge < -0.3 is 9.47 Å². The average Bonchev–Trinajstić information content (AvgIpc) is 3.51. The molecule has 0 amide bonds. The van der Waals surface area contributed by atoms with E-state index >= 15 is 0 Å². The summed E-state index contributed by atoms with van der Waals surface area (Å²) >= 11 is 3.60. The Balaban J connectivity index is 1.48. The highest BCUT2D eigenvalue weighted by Crippen LogP contribution is 2.70. The number of halogens is 1. The maximum atomic E-state index is 6.86. The van der Waals surface area contributed by atoms with Crippen LogP contribution in [0.5, 0.6) is 0 Å². The molecule has 0 unspecified atom stereocenters. The lowest BCUT2D eigenvalue weighted by Gasteiger charge is -2.50. The maximum absolute atomic E-state index is 6.86. The van der Waals surface area contributed by atoms with Gasteiger partial charge in [-0.25, -0.2) is 4.99 Å². The molecule has 2 aromatic carbocycles. The summed E-state index contributed by atoms with van der Waals surface area (Å²) in [7, 11) is 0. The summed E-state index contributed by atoms with van der Waals surface area (Å²) in [5.74, 6) is 1.24. The Morgan fingerprint density at radius 2 is 1.80 bits per heavy atom. The van der Waals surface area contributed by atoms with E-state index in [1.54, 1.807) is 0 Å². The molecule has 150 valence electrons. The second-order valence-corrected chi connectivity index (χ2v) is 10.1. The van der Waals surface area contributed by atoms with Crippen LogP contribution in [0.25, 0.3) is 0 Å². The van der Waals surface area contributed by atoms with E-state index in [-0.39, 0.29) is 17.9 Å². The fourth-order valence-electron chi connectivity index (χ4n) is 6.77. The minimum absolute atomic E-state index is 0.0803. The standard InChI is InChI=1S/C26H22BrNO2/c27-20-13-10-16(11-14-20)23-18-9-12-19(15-18)26-25(23,21-7-4-8-22(21)29-26)28-24(30-26)17-5-2-1-3-6-17/h1-6,8-14,18-19,21-23H,7,15H2/t18-,19+,21+,22-,23-,25-,26+/m1/s1. The molecule has 0 spiro atoms. The van der Waals surface area contributed by atoms with E-state index in [0.29, 0.717) is 11.8 Å². The first-order valence-electron chi connectivity index (χ1n) is 10.8. The molecule has 2 aromatic rings. The minimum atomic E-state index is -0.723. The van der Waals surface area contributed by atoms with Gasteiger partial charge in [-0.05, 0) is 48.6 Å². The van der Waals surface area contributed by atoms with Crippen molar-refractivity contribution in [3.8, 4) is 0 Å². The van der Waals surface area contributed by atoms with Gasteiger partial charge >= 0.3 is 0 Å². The van der Waals surface area contributed by atoms with Gasteiger partial charge in [0.2, 0.25) is 11.7 Å². The van der Waals surface area contributed by atoms with Crippen LogP contribution in [-0.4, -0.2) is 23.3 Å². The Labute approximate surface area is 184 Å². The molecule has 30 heavy (non-hydrogen) atoms. The first-order chi connectivity index (χ1) is 14.7. The van der Waals surface area contributed by atoms with E-state index in [1.165, 1.54) is 5.56 Å². The normalized spacial score (nSPS) is 41.9. The summed E-state index contributed by atoms with van der Waals surface area (Å²) in [6, 6.07) is 19.1. The zero-order chi connectivity index (χ0) is 19.9. The Morgan fingerprint density at radius 1 is 0.967 bits per heavy atom. The summed E-state index contributed by atoms with van der Waals surface area (Å²) < 4.78 is 14.8. The molecule has 0 N–H and O–H groups in total. The molecule has 3 aliphatic carbocycles. The van der Waals surface area contributed by atoms with E-state index in [2.05, 4.69) is 76.6 Å². The van der Waals surface area contributed by atoms with Gasteiger partial charge in [0.15, 0.2) is 0 Å². The van der Waals surface area contributed by atoms with Crippen molar-refractivity contribution in [2.24, 2.45) is 22.7 Å². The summed E-state index contributed by atoms with van der Waals surface area (Å²) in [5.41, 5.74) is 1.94. The molecular formula is C26H22BrNO2. The van der Waals surface area contributed by atoms with Crippen LogP contribution in [0.3, 0.4) is 0 Å². The van der Waals surface area contributed by atoms with Crippen LogP contribution in [-0.2, 0) is 9.47 Å². The quantitative estimate of drug-likeness (QED) is 0.545. The second-order valence-electron chi connectivity index (χ2n) is 9.15. The van der Waals surface area contributed by atoms with Crippen LogP contribution in [0.4, 0.5) is 0 Å². The number of hydrogen-bond donors (Lipinski definition) is 0. The average molecular weight is 460 g/mol. The number of allylic oxidation sites excluding steroid dienone is 2. The molecule has 0 radical (unpaired) electrons. The fourth-order valence-corrected chi connectivity index (χ4v) is 7.03. The topological polar surface area (TPSA) is 30.8 Å². The lowest BCUT2D eigenvalue weighted by molar-refractivity contribution is -0.227. The number of fused-ring (bicyclic) bond motifs is 3. The fraction of sp³-hybridized carbons (Fsp3) is 0.346. The van der Waals surface area contributed by atoms with Crippen LogP contribution < -0.4 is 0 Å². The number of aliphatic imine (C=N–C) groups is 1. The highest BCUT2D eigenvalue weighted by Gasteiger charge is 2.79. The van der Waals surface area contributed by atoms with Gasteiger partial charge in [-0.1, -0.05) is 70.6 Å². The first-order valence-corrected chi connectivity index (χ1v) is 11.6. The molecule has 1 saturated heterocycles. The van der Waals surface area contributed by atoms with E-state index < -0.39 is 11.3 Å². The molecule has 5 aliphatic rings. The lowest BCUT2D eigenvalue weighted by atomic mass is 9.57. The lowest BCUT2D eigenvalue weighted by Crippen LogP contribution is -2.62. The molecular weight excluding hydrogens is 438 g/mol. The van der Waals surface area contributed by atoms with Crippen molar-refractivity contribution < 1.29 is 9.47 Å². The molecule has 7 rings (SSSR count). The van der Waals surface area contributed by atoms with E-state index in [9.17, 15) is 0 Å². The highest BCUT2D eigenvalue weighted by molar-refractivity contribution is 9.10. The highest BCUT2D eigenvalue weighted by atomic mass is 79.9. The predicted molar refractivity (Wildman–Crippen MR) is 119 cm³/mol. The third kappa shape index (κ3) is 2.02. The smallest absolute Gasteiger partial charge is 0.245 e. The summed E-state index contributed by atoms with van der Waals surface area (Å²) in [5, 5.41) is 0. The van der Waals surface area contributed by atoms with Crippen LogP contribution in [0.15, 0.2) is 88.4 Å². The van der Waals surface area contributed by atoms with Gasteiger partial charge in [-0.15, -0.1) is 0 Å². The SMILES string of the molecule is Brc1ccc([C@@H]2[C@@H]3C=C[C@@H](C3)[C@]34OC(c5ccccc5)=N[C@]23[C@H]2CC=C[C@H]2O4)cc1. The summed E-state index contributed by atoms with van der Waals surface area (Å²) in [4.78, 5) is 5.51. The first kappa shape index (κ1) is 17.5. The molecule has 2 bridgehead atoms. The number of ether oxygens (including phenoxy) is 2. The van der Waals surface area contributed by atoms with E-state index in [1.807, 2.05) is 18.2 Å². The third-order valence-corrected chi connectivity index (χ3v) is 8.37. The third-order valence-electron chi connectivity index (χ3n) is 7.84. The van der Waals surface area contributed by atoms with Gasteiger partial charge in [0.1, 0.15) is 5.54 Å². The molecule has 1 saturated carbocycles. The van der Waals surface area contributed by atoms with Crippen LogP contribution in [0.1, 0.15) is 29.9 Å². The molecule has 2 fully saturated rings. The monoisotopic (exact) mass is 459 g/mol. The van der Waals surface area contributed by atoms with Crippen molar-refractivity contribution in [3.63, 3.8) is 0 Å². The van der Waals surface area contributed by atoms with Crippen LogP contribution >= 0.6 is 15.9 Å². The van der Waals surface area contributed by atoms with Crippen molar-refractivity contribution in [2.75, 3.05) is 0 Å². The van der Waals surface area contributed by atoms with Crippen molar-refractivity contribution in [1.29, 1.82) is 0 Å². The molecule has 3 nitrogen and oxygen atoms in total. The molecule has 2 aliphatic heterocycles. The van der Waals surface area contributed by atoms with Gasteiger partial charge in [-0.3, -0.25) is 0 Å². The Morgan fingerprint density at radius 3 is 2.63 bits per heavy atom. The zero-order valence-electron chi connectivity index (χ0n) is 16.4. The van der Waals surface area contributed by atoms with Crippen LogP contribution in [0, 0.1) is 17.8 Å². The van der Waals surface area contributed by atoms with Crippen molar-refractivity contribution >= 4 is 21.8 Å². The number of benzene rings is 2. The number of rotatable bonds is 2. The van der Waals surface area contributed by atoms with Crippen molar-refractivity contribution in [2.45, 2.75) is 36.2 Å². The van der Waals surface area contributed by atoms with E-state index in [4.69, 9.17) is 14.5 Å². The maximum Gasteiger partial charge on any atom is 0.245 e. The summed E-state index contributed by atoms with van der Waals surface area (Å²) in [6.45, 7) is 0. The van der Waals surface area contributed by atoms with Crippen molar-refractivity contribution in [1.82, 2.24) is 0 Å². The molecule has 4 heteroatoms. The molecule has 2 heterocycles. The summed E-state index contributed by atoms with van der Waals surface area (Å²) in [6.07, 6.45) is 11.4. The van der Waals surface area contributed by atoms with Gasteiger partial charge in [0.05, 0.1) is 6.10 Å². The minimum Gasteiger partial charge on any atom is -0.442 e.